The molecule has 1 N–H and O–H groups in total. The normalized spacial score (nSPS) is 16.2. The third-order valence-corrected chi connectivity index (χ3v) is 4.20. The first kappa shape index (κ1) is 15.9. The average Bonchev–Trinajstić information content (AvgIpc) is 2.57. The van der Waals surface area contributed by atoms with Crippen LogP contribution in [0.15, 0.2) is 47.4 Å². The van der Waals surface area contributed by atoms with Crippen molar-refractivity contribution < 1.29 is 9.72 Å². The van der Waals surface area contributed by atoms with Crippen molar-refractivity contribution in [2.24, 2.45) is 0 Å². The molecule has 1 heterocycles. The van der Waals surface area contributed by atoms with Crippen molar-refractivity contribution in [1.82, 2.24) is 9.88 Å². The van der Waals surface area contributed by atoms with E-state index in [0.717, 1.165) is 47.7 Å². The van der Waals surface area contributed by atoms with Crippen LogP contribution in [-0.4, -0.2) is 15.4 Å². The van der Waals surface area contributed by atoms with Crippen LogP contribution in [0.3, 0.4) is 0 Å². The van der Waals surface area contributed by atoms with Gasteiger partial charge in [-0.15, -0.1) is 0 Å². The summed E-state index contributed by atoms with van der Waals surface area (Å²) >= 11 is 0. The number of nitrogens with one attached hydrogen (secondary N) is 1. The maximum absolute atomic E-state index is 12.3. The molecule has 0 bridgehead atoms. The van der Waals surface area contributed by atoms with Crippen LogP contribution in [0.5, 0.6) is 0 Å². The van der Waals surface area contributed by atoms with Crippen molar-refractivity contribution in [3.8, 4) is 0 Å². The van der Waals surface area contributed by atoms with E-state index in [-0.39, 0.29) is 24.2 Å². The summed E-state index contributed by atoms with van der Waals surface area (Å²) < 4.78 is 1.06. The van der Waals surface area contributed by atoms with Gasteiger partial charge in [-0.05, 0) is 30.4 Å². The highest BCUT2D eigenvalue weighted by atomic mass is 16.6. The Morgan fingerprint density at radius 1 is 1.29 bits per heavy atom. The Hall–Kier alpha value is -2.96. The number of rotatable bonds is 4. The van der Waals surface area contributed by atoms with Gasteiger partial charge < -0.3 is 5.32 Å². The molecule has 0 aliphatic heterocycles. The second-order valence-corrected chi connectivity index (χ2v) is 5.82. The van der Waals surface area contributed by atoms with E-state index in [1.165, 1.54) is 5.56 Å². The minimum atomic E-state index is -0.592. The number of benzene rings is 1. The zero-order chi connectivity index (χ0) is 17.1. The van der Waals surface area contributed by atoms with Gasteiger partial charge in [0.25, 0.3) is 11.2 Å². The van der Waals surface area contributed by atoms with Gasteiger partial charge in [0.2, 0.25) is 5.91 Å². The third-order valence-electron chi connectivity index (χ3n) is 4.20. The van der Waals surface area contributed by atoms with Crippen LogP contribution >= 0.6 is 0 Å². The number of hydrogen-bond donors (Lipinski definition) is 1. The molecule has 0 radical (unpaired) electrons. The predicted molar refractivity (Wildman–Crippen MR) is 87.6 cm³/mol. The second kappa shape index (κ2) is 6.66. The van der Waals surface area contributed by atoms with E-state index >= 15 is 0 Å². The average molecular weight is 327 g/mol. The lowest BCUT2D eigenvalue weighted by Crippen LogP contribution is -2.35. The lowest BCUT2D eigenvalue weighted by Gasteiger charge is -2.26. The molecule has 7 heteroatoms. The summed E-state index contributed by atoms with van der Waals surface area (Å²) in [6.07, 6.45) is 3.91. The Bertz CT molecular complexity index is 844. The fraction of sp³-hybridized carbons (Fsp3) is 0.294. The van der Waals surface area contributed by atoms with E-state index < -0.39 is 10.5 Å². The van der Waals surface area contributed by atoms with Crippen molar-refractivity contribution >= 4 is 11.6 Å². The SMILES string of the molecule is O=C(Cn1cc([N+](=O)[O-])ccc1=O)N[C@@H]1CCCc2ccccc21. The molecule has 1 atom stereocenters. The van der Waals surface area contributed by atoms with Gasteiger partial charge in [0, 0.05) is 12.1 Å². The fourth-order valence-corrected chi connectivity index (χ4v) is 3.05. The molecule has 0 unspecified atom stereocenters. The Kier molecular flexibility index (Phi) is 4.41. The lowest BCUT2D eigenvalue weighted by atomic mass is 9.88. The van der Waals surface area contributed by atoms with Gasteiger partial charge in [0.15, 0.2) is 0 Å². The Labute approximate surface area is 138 Å². The van der Waals surface area contributed by atoms with Crippen LogP contribution in [0.25, 0.3) is 0 Å². The highest BCUT2D eigenvalue weighted by Crippen LogP contribution is 2.29. The highest BCUT2D eigenvalue weighted by molar-refractivity contribution is 5.76. The van der Waals surface area contributed by atoms with Gasteiger partial charge in [-0.25, -0.2) is 0 Å². The quantitative estimate of drug-likeness (QED) is 0.686. The number of aryl methyl sites for hydroxylation is 1. The summed E-state index contributed by atoms with van der Waals surface area (Å²) in [5.74, 6) is -0.334. The molecule has 1 aliphatic rings. The van der Waals surface area contributed by atoms with Crippen molar-refractivity contribution in [2.75, 3.05) is 0 Å². The zero-order valence-electron chi connectivity index (χ0n) is 13.0. The minimum absolute atomic E-state index is 0.0862. The molecule has 0 saturated carbocycles. The van der Waals surface area contributed by atoms with Crippen LogP contribution in [0.1, 0.15) is 30.0 Å². The molecule has 0 spiro atoms. The van der Waals surface area contributed by atoms with E-state index in [1.807, 2.05) is 18.2 Å². The fourth-order valence-electron chi connectivity index (χ4n) is 3.05. The second-order valence-electron chi connectivity index (χ2n) is 5.82. The van der Waals surface area contributed by atoms with Gasteiger partial charge in [-0.1, -0.05) is 24.3 Å². The van der Waals surface area contributed by atoms with Gasteiger partial charge in [-0.3, -0.25) is 24.3 Å². The summed E-state index contributed by atoms with van der Waals surface area (Å²) in [7, 11) is 0. The maximum Gasteiger partial charge on any atom is 0.285 e. The van der Waals surface area contributed by atoms with E-state index in [4.69, 9.17) is 0 Å². The standard InChI is InChI=1S/C17H17N3O4/c21-16(11-19-10-13(20(23)24)8-9-17(19)22)18-15-7-3-5-12-4-1-2-6-14(12)15/h1-2,4,6,8-10,15H,3,5,7,11H2,(H,18,21)/t15-/m1/s1. The number of pyridine rings is 1. The maximum atomic E-state index is 12.3. The highest BCUT2D eigenvalue weighted by Gasteiger charge is 2.21. The first-order valence-corrected chi connectivity index (χ1v) is 7.76. The first-order chi connectivity index (χ1) is 11.5. The summed E-state index contributed by atoms with van der Waals surface area (Å²) in [6.45, 7) is -0.237. The molecule has 1 aromatic heterocycles. The number of aromatic nitrogens is 1. The van der Waals surface area contributed by atoms with Crippen LogP contribution in [0, 0.1) is 10.1 Å². The number of carbonyl (C=O) groups is 1. The van der Waals surface area contributed by atoms with Crippen LogP contribution < -0.4 is 10.9 Å². The minimum Gasteiger partial charge on any atom is -0.348 e. The lowest BCUT2D eigenvalue weighted by molar-refractivity contribution is -0.385. The third kappa shape index (κ3) is 3.34. The summed E-state index contributed by atoms with van der Waals surface area (Å²) in [6, 6.07) is 10.1. The topological polar surface area (TPSA) is 94.2 Å². The summed E-state index contributed by atoms with van der Waals surface area (Å²) in [5.41, 5.74) is 1.66. The van der Waals surface area contributed by atoms with Crippen LogP contribution in [0.2, 0.25) is 0 Å². The Balaban J connectivity index is 1.74. The van der Waals surface area contributed by atoms with E-state index in [1.54, 1.807) is 0 Å². The van der Waals surface area contributed by atoms with Crippen LogP contribution in [-0.2, 0) is 17.8 Å². The van der Waals surface area contributed by atoms with Crippen molar-refractivity contribution in [2.45, 2.75) is 31.8 Å². The van der Waals surface area contributed by atoms with Gasteiger partial charge in [0.05, 0.1) is 17.2 Å². The Morgan fingerprint density at radius 3 is 2.88 bits per heavy atom. The van der Waals surface area contributed by atoms with Crippen molar-refractivity contribution in [3.05, 3.63) is 74.2 Å². The molecule has 1 aliphatic carbocycles. The number of carbonyl (C=O) groups excluding carboxylic acids is 1. The van der Waals surface area contributed by atoms with Gasteiger partial charge in [-0.2, -0.15) is 0 Å². The molecule has 0 fully saturated rings. The molecule has 0 saturated heterocycles. The van der Waals surface area contributed by atoms with E-state index in [0.29, 0.717) is 0 Å². The molecule has 2 aromatic rings. The summed E-state index contributed by atoms with van der Waals surface area (Å²) in [5, 5.41) is 13.7. The largest absolute Gasteiger partial charge is 0.348 e. The smallest absolute Gasteiger partial charge is 0.285 e. The van der Waals surface area contributed by atoms with E-state index in [2.05, 4.69) is 11.4 Å². The number of fused-ring (bicyclic) bond motifs is 1. The van der Waals surface area contributed by atoms with Gasteiger partial charge in [0.1, 0.15) is 6.54 Å². The number of nitro groups is 1. The molecule has 1 aromatic carbocycles. The molecule has 3 rings (SSSR count). The van der Waals surface area contributed by atoms with Crippen LogP contribution in [0.4, 0.5) is 5.69 Å². The molecule has 7 nitrogen and oxygen atoms in total. The number of nitrogens with zero attached hydrogens (tertiary/aromatic N) is 2. The number of amides is 1. The van der Waals surface area contributed by atoms with Crippen molar-refractivity contribution in [1.29, 1.82) is 0 Å². The predicted octanol–water partition coefficient (Wildman–Crippen LogP) is 1.95. The molecular formula is C17H17N3O4. The number of hydrogen-bond acceptors (Lipinski definition) is 4. The first-order valence-electron chi connectivity index (χ1n) is 7.76. The van der Waals surface area contributed by atoms with E-state index in [9.17, 15) is 19.7 Å². The zero-order valence-corrected chi connectivity index (χ0v) is 13.0. The molecular weight excluding hydrogens is 310 g/mol. The summed E-state index contributed by atoms with van der Waals surface area (Å²) in [4.78, 5) is 34.3. The molecule has 124 valence electrons. The van der Waals surface area contributed by atoms with Gasteiger partial charge >= 0.3 is 0 Å². The van der Waals surface area contributed by atoms with Crippen molar-refractivity contribution in [3.63, 3.8) is 0 Å². The monoisotopic (exact) mass is 327 g/mol. The molecule has 1 amide bonds. The Morgan fingerprint density at radius 2 is 2.08 bits per heavy atom. The molecule has 24 heavy (non-hydrogen) atoms.